The second-order valence-corrected chi connectivity index (χ2v) is 8.51. The number of anilines is 1. The molecular formula is C21H23ClN6O3S. The molecule has 0 unspecified atom stereocenters. The van der Waals surface area contributed by atoms with E-state index < -0.39 is 4.92 Å². The zero-order valence-corrected chi connectivity index (χ0v) is 19.4. The van der Waals surface area contributed by atoms with E-state index in [9.17, 15) is 14.9 Å². The first-order valence-corrected chi connectivity index (χ1v) is 11.2. The summed E-state index contributed by atoms with van der Waals surface area (Å²) in [5, 5.41) is 23.1. The molecule has 1 atom stereocenters. The number of nitro groups is 1. The van der Waals surface area contributed by atoms with Crippen LogP contribution < -0.4 is 5.32 Å². The largest absolute Gasteiger partial charge is 0.325 e. The second kappa shape index (κ2) is 10.6. The molecule has 0 aliphatic heterocycles. The molecule has 0 radical (unpaired) electrons. The molecule has 3 rings (SSSR count). The molecule has 1 heterocycles. The number of benzene rings is 2. The van der Waals surface area contributed by atoms with E-state index in [0.29, 0.717) is 10.8 Å². The van der Waals surface area contributed by atoms with Crippen molar-refractivity contribution in [2.75, 3.05) is 25.2 Å². The zero-order valence-electron chi connectivity index (χ0n) is 17.9. The molecule has 1 amide bonds. The maximum Gasteiger partial charge on any atom is 0.289 e. The first-order chi connectivity index (χ1) is 15.3. The van der Waals surface area contributed by atoms with Gasteiger partial charge in [-0.3, -0.25) is 24.4 Å². The van der Waals surface area contributed by atoms with Gasteiger partial charge in [0.25, 0.3) is 5.69 Å². The fourth-order valence-electron chi connectivity index (χ4n) is 3.25. The number of hydrogen-bond acceptors (Lipinski definition) is 7. The van der Waals surface area contributed by atoms with E-state index in [1.54, 1.807) is 0 Å². The predicted molar refractivity (Wildman–Crippen MR) is 126 cm³/mol. The van der Waals surface area contributed by atoms with Gasteiger partial charge in [0.15, 0.2) is 11.0 Å². The van der Waals surface area contributed by atoms with E-state index in [1.165, 1.54) is 30.0 Å². The van der Waals surface area contributed by atoms with E-state index in [0.717, 1.165) is 17.9 Å². The van der Waals surface area contributed by atoms with Crippen LogP contribution in [0, 0.1) is 10.1 Å². The maximum atomic E-state index is 12.5. The molecule has 32 heavy (non-hydrogen) atoms. The van der Waals surface area contributed by atoms with Crippen LogP contribution in [-0.2, 0) is 4.79 Å². The smallest absolute Gasteiger partial charge is 0.289 e. The Hall–Kier alpha value is -2.95. The summed E-state index contributed by atoms with van der Waals surface area (Å²) >= 11 is 7.07. The van der Waals surface area contributed by atoms with Crippen molar-refractivity contribution in [3.8, 4) is 5.69 Å². The number of amides is 1. The fourth-order valence-corrected chi connectivity index (χ4v) is 4.19. The van der Waals surface area contributed by atoms with Crippen LogP contribution >= 0.6 is 23.4 Å². The quantitative estimate of drug-likeness (QED) is 0.275. The van der Waals surface area contributed by atoms with Gasteiger partial charge in [0, 0.05) is 17.4 Å². The Kier molecular flexibility index (Phi) is 7.84. The minimum atomic E-state index is -0.592. The summed E-state index contributed by atoms with van der Waals surface area (Å²) < 4.78 is 1.96. The third-order valence-electron chi connectivity index (χ3n) is 4.74. The van der Waals surface area contributed by atoms with Gasteiger partial charge in [-0.15, -0.1) is 10.2 Å². The molecule has 0 saturated heterocycles. The summed E-state index contributed by atoms with van der Waals surface area (Å²) in [7, 11) is 3.98. The molecule has 0 aliphatic rings. The van der Waals surface area contributed by atoms with Gasteiger partial charge in [-0.05, 0) is 44.8 Å². The predicted octanol–water partition coefficient (Wildman–Crippen LogP) is 4.57. The number of hydrogen-bond donors (Lipinski definition) is 1. The number of nitrogens with one attached hydrogen (secondary N) is 1. The van der Waals surface area contributed by atoms with Crippen LogP contribution in [0.25, 0.3) is 5.69 Å². The molecular weight excluding hydrogens is 452 g/mol. The van der Waals surface area contributed by atoms with Crippen molar-refractivity contribution >= 4 is 40.6 Å². The number of carbonyl (C=O) groups is 1. The average Bonchev–Trinajstić information content (AvgIpc) is 3.18. The topological polar surface area (TPSA) is 106 Å². The third-order valence-corrected chi connectivity index (χ3v) is 5.99. The van der Waals surface area contributed by atoms with Crippen LogP contribution in [0.3, 0.4) is 0 Å². The van der Waals surface area contributed by atoms with E-state index in [4.69, 9.17) is 11.6 Å². The van der Waals surface area contributed by atoms with Crippen molar-refractivity contribution < 1.29 is 9.72 Å². The number of carbonyl (C=O) groups excluding carboxylic acids is 1. The Balaban J connectivity index is 1.80. The Morgan fingerprint density at radius 1 is 1.25 bits per heavy atom. The van der Waals surface area contributed by atoms with Crippen LogP contribution in [0.4, 0.5) is 11.4 Å². The Morgan fingerprint density at radius 3 is 2.59 bits per heavy atom. The van der Waals surface area contributed by atoms with Gasteiger partial charge in [-0.2, -0.15) is 0 Å². The van der Waals surface area contributed by atoms with E-state index >= 15 is 0 Å². The standard InChI is InChI=1S/C21H23ClN6O3S/c1-4-17(26(2)3)20-24-25-21(27(20)15-8-6-5-7-9-15)32-13-19(29)23-14-10-11-16(22)18(12-14)28(30)31/h5-12,17H,4,13H2,1-3H3,(H,23,29)/t17-/m0/s1. The molecule has 0 spiro atoms. The van der Waals surface area contributed by atoms with Crippen LogP contribution in [0.15, 0.2) is 53.7 Å². The SMILES string of the molecule is CC[C@@H](c1nnc(SCC(=O)Nc2ccc(Cl)c([N+](=O)[O-])c2)n1-c1ccccc1)N(C)C. The van der Waals surface area contributed by atoms with Crippen molar-refractivity contribution in [3.63, 3.8) is 0 Å². The molecule has 0 bridgehead atoms. The third kappa shape index (κ3) is 5.45. The van der Waals surface area contributed by atoms with Crippen molar-refractivity contribution in [2.24, 2.45) is 0 Å². The summed E-state index contributed by atoms with van der Waals surface area (Å²) in [5.41, 5.74) is 0.944. The highest BCUT2D eigenvalue weighted by Crippen LogP contribution is 2.30. The van der Waals surface area contributed by atoms with Gasteiger partial charge in [0.1, 0.15) is 5.02 Å². The van der Waals surface area contributed by atoms with Gasteiger partial charge in [0.2, 0.25) is 5.91 Å². The molecule has 1 aromatic heterocycles. The number of thioether (sulfide) groups is 1. The Morgan fingerprint density at radius 2 is 1.97 bits per heavy atom. The molecule has 2 aromatic carbocycles. The van der Waals surface area contributed by atoms with Gasteiger partial charge in [-0.25, -0.2) is 0 Å². The number of halogens is 1. The van der Waals surface area contributed by atoms with Crippen molar-refractivity contribution in [2.45, 2.75) is 24.5 Å². The molecule has 9 nitrogen and oxygen atoms in total. The highest BCUT2D eigenvalue weighted by Gasteiger charge is 2.23. The second-order valence-electron chi connectivity index (χ2n) is 7.16. The molecule has 11 heteroatoms. The molecule has 1 N–H and O–H groups in total. The lowest BCUT2D eigenvalue weighted by atomic mass is 10.2. The summed E-state index contributed by atoms with van der Waals surface area (Å²) in [6, 6.07) is 13.9. The highest BCUT2D eigenvalue weighted by molar-refractivity contribution is 7.99. The maximum absolute atomic E-state index is 12.5. The van der Waals surface area contributed by atoms with Crippen LogP contribution in [0.1, 0.15) is 25.2 Å². The number of aromatic nitrogens is 3. The number of nitrogens with zero attached hydrogens (tertiary/aromatic N) is 5. The summed E-state index contributed by atoms with van der Waals surface area (Å²) in [6.45, 7) is 2.08. The molecule has 0 saturated carbocycles. The summed E-state index contributed by atoms with van der Waals surface area (Å²) in [5.74, 6) is 0.524. The van der Waals surface area contributed by atoms with Crippen LogP contribution in [0.2, 0.25) is 5.02 Å². The van der Waals surface area contributed by atoms with E-state index in [-0.39, 0.29) is 28.4 Å². The van der Waals surface area contributed by atoms with E-state index in [1.807, 2.05) is 49.0 Å². The molecule has 0 aliphatic carbocycles. The van der Waals surface area contributed by atoms with Crippen LogP contribution in [0.5, 0.6) is 0 Å². The minimum absolute atomic E-state index is 0.0113. The first-order valence-electron chi connectivity index (χ1n) is 9.85. The lowest BCUT2D eigenvalue weighted by Gasteiger charge is -2.23. The normalized spacial score (nSPS) is 12.0. The van der Waals surface area contributed by atoms with Gasteiger partial charge >= 0.3 is 0 Å². The van der Waals surface area contributed by atoms with Gasteiger partial charge in [0.05, 0.1) is 16.7 Å². The van der Waals surface area contributed by atoms with Crippen molar-refractivity contribution in [1.29, 1.82) is 0 Å². The Labute approximate surface area is 194 Å². The first kappa shape index (κ1) is 23.7. The molecule has 0 fully saturated rings. The van der Waals surface area contributed by atoms with Crippen LogP contribution in [-0.4, -0.2) is 50.3 Å². The zero-order chi connectivity index (χ0) is 23.3. The lowest BCUT2D eigenvalue weighted by molar-refractivity contribution is -0.384. The van der Waals surface area contributed by atoms with Crippen molar-refractivity contribution in [1.82, 2.24) is 19.7 Å². The number of nitro benzene ring substituents is 1. The summed E-state index contributed by atoms with van der Waals surface area (Å²) in [6.07, 6.45) is 0.846. The number of rotatable bonds is 9. The van der Waals surface area contributed by atoms with E-state index in [2.05, 4.69) is 27.3 Å². The summed E-state index contributed by atoms with van der Waals surface area (Å²) in [4.78, 5) is 25.0. The molecule has 3 aromatic rings. The van der Waals surface area contributed by atoms with Gasteiger partial charge < -0.3 is 5.32 Å². The van der Waals surface area contributed by atoms with Crippen molar-refractivity contribution in [3.05, 3.63) is 69.5 Å². The van der Waals surface area contributed by atoms with Gasteiger partial charge in [-0.1, -0.05) is 48.5 Å². The lowest BCUT2D eigenvalue weighted by Crippen LogP contribution is -2.23. The average molecular weight is 475 g/mol. The number of para-hydroxylation sites is 1. The fraction of sp³-hybridized carbons (Fsp3) is 0.286. The Bertz CT molecular complexity index is 1110. The minimum Gasteiger partial charge on any atom is -0.325 e. The monoisotopic (exact) mass is 474 g/mol. The highest BCUT2D eigenvalue weighted by atomic mass is 35.5. The molecule has 168 valence electrons.